The van der Waals surface area contributed by atoms with Gasteiger partial charge < -0.3 is 4.42 Å². The van der Waals surface area contributed by atoms with Crippen molar-refractivity contribution >= 4 is 39.6 Å². The van der Waals surface area contributed by atoms with E-state index in [4.69, 9.17) is 4.42 Å². The average molecular weight is 420 g/mol. The highest BCUT2D eigenvalue weighted by molar-refractivity contribution is 7.99. The summed E-state index contributed by atoms with van der Waals surface area (Å²) < 4.78 is 34.2. The van der Waals surface area contributed by atoms with Gasteiger partial charge in [0, 0.05) is 24.4 Å². The topological polar surface area (TPSA) is 96.1 Å². The van der Waals surface area contributed by atoms with Gasteiger partial charge in [-0.3, -0.25) is 19.2 Å². The molecule has 0 radical (unpaired) electrons. The van der Waals surface area contributed by atoms with E-state index < -0.39 is 17.2 Å². The Kier molecular flexibility index (Phi) is 5.05. The number of aryl methyl sites for hydroxylation is 1. The number of halogens is 2. The first-order chi connectivity index (χ1) is 14.0. The predicted molar refractivity (Wildman–Crippen MR) is 103 cm³/mol. The molecule has 29 heavy (non-hydrogen) atoms. The van der Waals surface area contributed by atoms with Crippen molar-refractivity contribution in [1.82, 2.24) is 14.1 Å². The van der Waals surface area contributed by atoms with E-state index >= 15 is 0 Å². The summed E-state index contributed by atoms with van der Waals surface area (Å²) in [6.45, 7) is -2.49. The summed E-state index contributed by atoms with van der Waals surface area (Å²) >= 11 is 1.16. The van der Waals surface area contributed by atoms with E-state index in [9.17, 15) is 23.7 Å². The first-order valence-electron chi connectivity index (χ1n) is 8.61. The zero-order valence-electron chi connectivity index (χ0n) is 14.8. The largest absolute Gasteiger partial charge is 0.419 e. The highest BCUT2D eigenvalue weighted by atomic mass is 32.2. The van der Waals surface area contributed by atoms with Gasteiger partial charge in [-0.25, -0.2) is 9.78 Å². The standard InChI is InChI=1S/C18H14F2N4O4S/c19-16(20)23-13-5-2-1-4-12(13)21-17(23)29-9-3-8-22-14-10-11(24(26)27)6-7-15(14)28-18(22)25/h1-2,4-7,10,16H,3,8-9H2. The maximum Gasteiger partial charge on any atom is 0.419 e. The smallest absolute Gasteiger partial charge is 0.408 e. The number of rotatable bonds is 7. The fourth-order valence-corrected chi connectivity index (χ4v) is 4.01. The lowest BCUT2D eigenvalue weighted by atomic mass is 10.3. The molecule has 11 heteroatoms. The summed E-state index contributed by atoms with van der Waals surface area (Å²) in [5.74, 6) is -0.199. The van der Waals surface area contributed by atoms with Crippen LogP contribution in [0.1, 0.15) is 13.0 Å². The highest BCUT2D eigenvalue weighted by Gasteiger charge is 2.18. The Morgan fingerprint density at radius 1 is 1.21 bits per heavy atom. The van der Waals surface area contributed by atoms with E-state index in [1.165, 1.54) is 22.8 Å². The SMILES string of the molecule is O=c1oc2ccc([N+](=O)[O-])cc2n1CCCSc1nc2ccccc2n1C(F)F. The van der Waals surface area contributed by atoms with Crippen LogP contribution < -0.4 is 5.76 Å². The van der Waals surface area contributed by atoms with Crippen LogP contribution in [0.25, 0.3) is 22.1 Å². The number of aromatic nitrogens is 3. The van der Waals surface area contributed by atoms with E-state index in [0.29, 0.717) is 28.7 Å². The lowest BCUT2D eigenvalue weighted by Gasteiger charge is -2.07. The summed E-state index contributed by atoms with van der Waals surface area (Å²) in [5.41, 5.74) is 1.28. The van der Waals surface area contributed by atoms with Gasteiger partial charge in [-0.2, -0.15) is 8.78 Å². The molecule has 0 atom stereocenters. The molecule has 0 unspecified atom stereocenters. The van der Waals surface area contributed by atoms with Crippen molar-refractivity contribution in [3.63, 3.8) is 0 Å². The van der Waals surface area contributed by atoms with Crippen molar-refractivity contribution in [2.45, 2.75) is 24.7 Å². The maximum atomic E-state index is 13.5. The average Bonchev–Trinajstić information content (AvgIpc) is 3.21. The molecule has 0 saturated carbocycles. The van der Waals surface area contributed by atoms with Gasteiger partial charge in [-0.15, -0.1) is 0 Å². The molecule has 0 saturated heterocycles. The van der Waals surface area contributed by atoms with Gasteiger partial charge in [0.1, 0.15) is 0 Å². The number of benzene rings is 2. The van der Waals surface area contributed by atoms with Crippen LogP contribution >= 0.6 is 11.8 Å². The number of nitro groups is 1. The van der Waals surface area contributed by atoms with Crippen LogP contribution in [-0.2, 0) is 6.54 Å². The Morgan fingerprint density at radius 3 is 2.76 bits per heavy atom. The first-order valence-corrected chi connectivity index (χ1v) is 9.60. The molecule has 2 heterocycles. The summed E-state index contributed by atoms with van der Waals surface area (Å²) in [6, 6.07) is 10.6. The lowest BCUT2D eigenvalue weighted by Crippen LogP contribution is -2.14. The summed E-state index contributed by atoms with van der Waals surface area (Å²) in [6.07, 6.45) is 0.453. The van der Waals surface area contributed by atoms with E-state index in [1.807, 2.05) is 0 Å². The normalized spacial score (nSPS) is 11.7. The van der Waals surface area contributed by atoms with Gasteiger partial charge in [0.15, 0.2) is 10.7 Å². The number of fused-ring (bicyclic) bond motifs is 2. The molecule has 0 aliphatic carbocycles. The molecule has 0 fully saturated rings. The monoisotopic (exact) mass is 420 g/mol. The van der Waals surface area contributed by atoms with Crippen LogP contribution in [0.15, 0.2) is 56.8 Å². The molecule has 4 aromatic rings. The molecular weight excluding hydrogens is 406 g/mol. The third-order valence-corrected chi connectivity index (χ3v) is 5.42. The molecule has 2 aromatic carbocycles. The summed E-state index contributed by atoms with van der Waals surface area (Å²) in [7, 11) is 0. The molecular formula is C18H14F2N4O4S. The van der Waals surface area contributed by atoms with Gasteiger partial charge in [0.2, 0.25) is 0 Å². The molecule has 0 N–H and O–H groups in total. The van der Waals surface area contributed by atoms with Gasteiger partial charge in [-0.1, -0.05) is 23.9 Å². The van der Waals surface area contributed by atoms with Crippen LogP contribution in [0, 0.1) is 10.1 Å². The van der Waals surface area contributed by atoms with Crippen LogP contribution in [0.2, 0.25) is 0 Å². The predicted octanol–water partition coefficient (Wildman–Crippen LogP) is 4.43. The zero-order valence-corrected chi connectivity index (χ0v) is 15.6. The van der Waals surface area contributed by atoms with Crippen LogP contribution in [0.4, 0.5) is 14.5 Å². The molecule has 0 amide bonds. The van der Waals surface area contributed by atoms with Crippen LogP contribution in [0.3, 0.4) is 0 Å². The fraction of sp³-hybridized carbons (Fsp3) is 0.222. The van der Waals surface area contributed by atoms with E-state index in [2.05, 4.69) is 4.98 Å². The quantitative estimate of drug-likeness (QED) is 0.190. The summed E-state index contributed by atoms with van der Waals surface area (Å²) in [5, 5.41) is 11.2. The Balaban J connectivity index is 1.50. The number of non-ortho nitro benzene ring substituents is 1. The number of thioether (sulfide) groups is 1. The molecule has 0 aliphatic rings. The van der Waals surface area contributed by atoms with Gasteiger partial charge in [-0.05, 0) is 24.6 Å². The Labute approximate surface area is 165 Å². The van der Waals surface area contributed by atoms with Gasteiger partial charge >= 0.3 is 12.3 Å². The van der Waals surface area contributed by atoms with Crippen molar-refractivity contribution in [3.8, 4) is 0 Å². The molecule has 8 nitrogen and oxygen atoms in total. The van der Waals surface area contributed by atoms with Crippen LogP contribution in [-0.4, -0.2) is 24.8 Å². The number of oxazole rings is 1. The number of hydrogen-bond donors (Lipinski definition) is 0. The number of para-hydroxylation sites is 2. The molecule has 150 valence electrons. The Bertz CT molecular complexity index is 1260. The minimum absolute atomic E-state index is 0.146. The number of nitrogens with zero attached hydrogens (tertiary/aromatic N) is 4. The molecule has 2 aromatic heterocycles. The minimum Gasteiger partial charge on any atom is -0.408 e. The van der Waals surface area contributed by atoms with Crippen molar-refractivity contribution in [1.29, 1.82) is 0 Å². The number of nitro benzene ring substituents is 1. The number of alkyl halides is 2. The van der Waals surface area contributed by atoms with E-state index in [0.717, 1.165) is 16.3 Å². The van der Waals surface area contributed by atoms with Crippen LogP contribution in [0.5, 0.6) is 0 Å². The first kappa shape index (κ1) is 19.1. The maximum absolute atomic E-state index is 13.5. The molecule has 4 rings (SSSR count). The molecule has 0 bridgehead atoms. The second-order valence-corrected chi connectivity index (χ2v) is 7.22. The van der Waals surface area contributed by atoms with Gasteiger partial charge in [0.05, 0.1) is 21.5 Å². The number of hydrogen-bond acceptors (Lipinski definition) is 6. The summed E-state index contributed by atoms with van der Waals surface area (Å²) in [4.78, 5) is 26.7. The van der Waals surface area contributed by atoms with Crippen molar-refractivity contribution < 1.29 is 18.1 Å². The van der Waals surface area contributed by atoms with Crippen molar-refractivity contribution in [3.05, 3.63) is 63.1 Å². The van der Waals surface area contributed by atoms with E-state index in [-0.39, 0.29) is 23.0 Å². The molecule has 0 aliphatic heterocycles. The zero-order chi connectivity index (χ0) is 20.5. The number of imidazole rings is 1. The van der Waals surface area contributed by atoms with Crippen molar-refractivity contribution in [2.75, 3.05) is 5.75 Å². The molecule has 0 spiro atoms. The second kappa shape index (κ2) is 7.66. The second-order valence-electron chi connectivity index (χ2n) is 6.16. The fourth-order valence-electron chi connectivity index (χ4n) is 3.07. The third kappa shape index (κ3) is 3.60. The minimum atomic E-state index is -2.72. The highest BCUT2D eigenvalue weighted by Crippen LogP contribution is 2.29. The Morgan fingerprint density at radius 2 is 2.00 bits per heavy atom. The van der Waals surface area contributed by atoms with Crippen molar-refractivity contribution in [2.24, 2.45) is 0 Å². The Hall–Kier alpha value is -3.21. The third-order valence-electron chi connectivity index (χ3n) is 4.38. The lowest BCUT2D eigenvalue weighted by molar-refractivity contribution is -0.384. The van der Waals surface area contributed by atoms with Gasteiger partial charge in [0.25, 0.3) is 5.69 Å². The van der Waals surface area contributed by atoms with E-state index in [1.54, 1.807) is 24.3 Å².